The number of aromatic carboxylic acids is 1. The Morgan fingerprint density at radius 3 is 2.65 bits per heavy atom. The largest absolute Gasteiger partial charge is 0.478 e. The second kappa shape index (κ2) is 7.35. The first-order valence-corrected chi connectivity index (χ1v) is 8.32. The molecule has 1 aliphatic heterocycles. The highest BCUT2D eigenvalue weighted by molar-refractivity contribution is 6.02. The molecule has 0 bridgehead atoms. The van der Waals surface area contributed by atoms with Crippen LogP contribution in [0.15, 0.2) is 48.7 Å². The van der Waals surface area contributed by atoms with Gasteiger partial charge in [-0.15, -0.1) is 0 Å². The lowest BCUT2D eigenvalue weighted by molar-refractivity contribution is -0.124. The highest BCUT2D eigenvalue weighted by Crippen LogP contribution is 2.23. The van der Waals surface area contributed by atoms with Gasteiger partial charge < -0.3 is 14.9 Å². The first-order valence-electron chi connectivity index (χ1n) is 8.32. The van der Waals surface area contributed by atoms with E-state index in [9.17, 15) is 14.4 Å². The molecule has 0 aliphatic carbocycles. The minimum absolute atomic E-state index is 0.0111. The zero-order valence-corrected chi connectivity index (χ0v) is 14.3. The van der Waals surface area contributed by atoms with Gasteiger partial charge in [-0.25, -0.2) is 4.79 Å². The number of anilines is 1. The SMILES string of the molecule is CN(C(=O)c1cc(C(=O)O)ccn1)C1CCCN(c2ccccc2)C1=O. The first-order chi connectivity index (χ1) is 12.5. The number of piperidine rings is 1. The predicted molar refractivity (Wildman–Crippen MR) is 95.1 cm³/mol. The summed E-state index contributed by atoms with van der Waals surface area (Å²) in [5, 5.41) is 9.07. The maximum atomic E-state index is 12.9. The Morgan fingerprint density at radius 2 is 1.96 bits per heavy atom. The van der Waals surface area contributed by atoms with Crippen LogP contribution < -0.4 is 4.90 Å². The van der Waals surface area contributed by atoms with Crippen LogP contribution in [-0.4, -0.2) is 52.4 Å². The molecule has 1 aromatic heterocycles. The molecule has 0 radical (unpaired) electrons. The van der Waals surface area contributed by atoms with E-state index in [1.807, 2.05) is 30.3 Å². The molecule has 134 valence electrons. The van der Waals surface area contributed by atoms with E-state index in [1.165, 1.54) is 23.2 Å². The van der Waals surface area contributed by atoms with Crippen molar-refractivity contribution in [1.82, 2.24) is 9.88 Å². The number of pyridine rings is 1. The van der Waals surface area contributed by atoms with Crippen molar-refractivity contribution < 1.29 is 19.5 Å². The first kappa shape index (κ1) is 17.6. The normalized spacial score (nSPS) is 17.0. The number of benzene rings is 1. The smallest absolute Gasteiger partial charge is 0.335 e. The number of rotatable bonds is 4. The monoisotopic (exact) mass is 353 g/mol. The van der Waals surface area contributed by atoms with Crippen molar-refractivity contribution in [1.29, 1.82) is 0 Å². The van der Waals surface area contributed by atoms with Crippen LogP contribution in [-0.2, 0) is 4.79 Å². The lowest BCUT2D eigenvalue weighted by Crippen LogP contribution is -2.53. The van der Waals surface area contributed by atoms with Gasteiger partial charge in [-0.2, -0.15) is 0 Å². The predicted octanol–water partition coefficient (Wildman–Crippen LogP) is 2.05. The number of para-hydroxylation sites is 1. The molecular formula is C19H19N3O4. The van der Waals surface area contributed by atoms with Crippen LogP contribution in [0.1, 0.15) is 33.7 Å². The number of carbonyl (C=O) groups is 3. The molecule has 26 heavy (non-hydrogen) atoms. The number of nitrogens with zero attached hydrogens (tertiary/aromatic N) is 3. The van der Waals surface area contributed by atoms with Crippen LogP contribution in [0.4, 0.5) is 5.69 Å². The molecule has 1 atom stereocenters. The number of aromatic nitrogens is 1. The molecule has 1 aromatic carbocycles. The van der Waals surface area contributed by atoms with Crippen molar-refractivity contribution in [3.63, 3.8) is 0 Å². The summed E-state index contributed by atoms with van der Waals surface area (Å²) in [5.74, 6) is -1.75. The Morgan fingerprint density at radius 1 is 1.23 bits per heavy atom. The summed E-state index contributed by atoms with van der Waals surface area (Å²) in [5.41, 5.74) is 0.795. The van der Waals surface area contributed by atoms with Crippen LogP contribution in [0, 0.1) is 0 Å². The van der Waals surface area contributed by atoms with Crippen LogP contribution in [0.5, 0.6) is 0 Å². The number of carboxylic acids is 1. The standard InChI is InChI=1S/C19H19N3O4/c1-21(17(23)15-12-13(19(25)26)9-10-20-15)16-8-5-11-22(18(16)24)14-6-3-2-4-7-14/h2-4,6-7,9-10,12,16H,5,8,11H2,1H3,(H,25,26). The molecule has 2 amide bonds. The van der Waals surface area contributed by atoms with E-state index in [0.717, 1.165) is 12.1 Å². The average molecular weight is 353 g/mol. The van der Waals surface area contributed by atoms with Gasteiger partial charge in [0, 0.05) is 25.5 Å². The quantitative estimate of drug-likeness (QED) is 0.908. The van der Waals surface area contributed by atoms with E-state index in [0.29, 0.717) is 13.0 Å². The van der Waals surface area contributed by atoms with Gasteiger partial charge in [-0.05, 0) is 37.1 Å². The van der Waals surface area contributed by atoms with E-state index in [2.05, 4.69) is 4.98 Å². The van der Waals surface area contributed by atoms with Gasteiger partial charge >= 0.3 is 5.97 Å². The molecule has 7 heteroatoms. The third-order valence-corrected chi connectivity index (χ3v) is 4.49. The molecule has 1 fully saturated rings. The molecule has 1 N–H and O–H groups in total. The van der Waals surface area contributed by atoms with Crippen molar-refractivity contribution in [2.75, 3.05) is 18.5 Å². The summed E-state index contributed by atoms with van der Waals surface area (Å²) >= 11 is 0. The second-order valence-electron chi connectivity index (χ2n) is 6.13. The molecule has 0 saturated carbocycles. The van der Waals surface area contributed by atoms with Crippen molar-refractivity contribution in [3.05, 3.63) is 59.9 Å². The van der Waals surface area contributed by atoms with Gasteiger partial charge in [0.25, 0.3) is 5.91 Å². The molecule has 2 heterocycles. The summed E-state index contributed by atoms with van der Waals surface area (Å²) in [6.45, 7) is 0.605. The lowest BCUT2D eigenvalue weighted by atomic mass is 10.0. The summed E-state index contributed by atoms with van der Waals surface area (Å²) in [7, 11) is 1.55. The topological polar surface area (TPSA) is 90.8 Å². The molecule has 1 unspecified atom stereocenters. The van der Waals surface area contributed by atoms with Gasteiger partial charge in [-0.3, -0.25) is 14.6 Å². The molecule has 0 spiro atoms. The van der Waals surface area contributed by atoms with E-state index in [1.54, 1.807) is 11.9 Å². The molecule has 7 nitrogen and oxygen atoms in total. The van der Waals surface area contributed by atoms with Crippen molar-refractivity contribution in [3.8, 4) is 0 Å². The van der Waals surface area contributed by atoms with E-state index in [4.69, 9.17) is 5.11 Å². The molecule has 1 aliphatic rings. The number of carboxylic acid groups (broad SMARTS) is 1. The Balaban J connectivity index is 1.81. The molecular weight excluding hydrogens is 334 g/mol. The molecule has 1 saturated heterocycles. The summed E-state index contributed by atoms with van der Waals surface area (Å²) in [6, 6.07) is 11.3. The summed E-state index contributed by atoms with van der Waals surface area (Å²) in [4.78, 5) is 43.7. The second-order valence-corrected chi connectivity index (χ2v) is 6.13. The zero-order chi connectivity index (χ0) is 18.7. The highest BCUT2D eigenvalue weighted by Gasteiger charge is 2.35. The molecule has 3 rings (SSSR count). The third-order valence-electron chi connectivity index (χ3n) is 4.49. The Kier molecular flexibility index (Phi) is 4.97. The number of hydrogen-bond acceptors (Lipinski definition) is 4. The third kappa shape index (κ3) is 3.42. The summed E-state index contributed by atoms with van der Waals surface area (Å²) in [6.07, 6.45) is 2.61. The van der Waals surface area contributed by atoms with E-state index in [-0.39, 0.29) is 17.2 Å². The van der Waals surface area contributed by atoms with Crippen molar-refractivity contribution >= 4 is 23.5 Å². The fourth-order valence-electron chi connectivity index (χ4n) is 3.08. The number of likely N-dealkylation sites (N-methyl/N-ethyl adjacent to an activating group) is 1. The maximum absolute atomic E-state index is 12.9. The molecule has 2 aromatic rings. The van der Waals surface area contributed by atoms with Gasteiger partial charge in [0.15, 0.2) is 0 Å². The number of hydrogen-bond donors (Lipinski definition) is 1. The van der Waals surface area contributed by atoms with Crippen molar-refractivity contribution in [2.45, 2.75) is 18.9 Å². The van der Waals surface area contributed by atoms with Crippen LogP contribution in [0.2, 0.25) is 0 Å². The van der Waals surface area contributed by atoms with E-state index < -0.39 is 17.9 Å². The fraction of sp³-hybridized carbons (Fsp3) is 0.263. The maximum Gasteiger partial charge on any atom is 0.335 e. The van der Waals surface area contributed by atoms with E-state index >= 15 is 0 Å². The minimum Gasteiger partial charge on any atom is -0.478 e. The lowest BCUT2D eigenvalue weighted by Gasteiger charge is -2.36. The minimum atomic E-state index is -1.13. The summed E-state index contributed by atoms with van der Waals surface area (Å²) < 4.78 is 0. The van der Waals surface area contributed by atoms with Gasteiger partial charge in [0.2, 0.25) is 5.91 Å². The van der Waals surface area contributed by atoms with Gasteiger partial charge in [-0.1, -0.05) is 18.2 Å². The van der Waals surface area contributed by atoms with Crippen LogP contribution >= 0.6 is 0 Å². The van der Waals surface area contributed by atoms with Gasteiger partial charge in [0.05, 0.1) is 5.56 Å². The van der Waals surface area contributed by atoms with Crippen LogP contribution in [0.25, 0.3) is 0 Å². The number of carbonyl (C=O) groups excluding carboxylic acids is 2. The van der Waals surface area contributed by atoms with Crippen LogP contribution in [0.3, 0.4) is 0 Å². The zero-order valence-electron chi connectivity index (χ0n) is 14.3. The Labute approximate surface area is 150 Å². The number of amides is 2. The Bertz CT molecular complexity index is 838. The van der Waals surface area contributed by atoms with Gasteiger partial charge in [0.1, 0.15) is 11.7 Å². The van der Waals surface area contributed by atoms with Crippen molar-refractivity contribution in [2.24, 2.45) is 0 Å². The average Bonchev–Trinajstić information content (AvgIpc) is 2.68. The highest BCUT2D eigenvalue weighted by atomic mass is 16.4. The Hall–Kier alpha value is -3.22. The fourth-order valence-corrected chi connectivity index (χ4v) is 3.08.